The molecule has 1 saturated heterocycles. The molecule has 1 aliphatic rings. The summed E-state index contributed by atoms with van der Waals surface area (Å²) in [6, 6.07) is 10.3. The predicted molar refractivity (Wildman–Crippen MR) is 81.9 cm³/mol. The summed E-state index contributed by atoms with van der Waals surface area (Å²) >= 11 is 7.62. The van der Waals surface area contributed by atoms with Crippen LogP contribution in [0.4, 0.5) is 0 Å². The van der Waals surface area contributed by atoms with Crippen LogP contribution in [0.1, 0.15) is 25.7 Å². The number of likely N-dealkylation sites (tertiary alicyclic amines) is 1. The second kappa shape index (κ2) is 7.81. The average molecular weight is 298 g/mol. The summed E-state index contributed by atoms with van der Waals surface area (Å²) in [7, 11) is 0. The Morgan fingerprint density at radius 3 is 2.79 bits per heavy atom. The van der Waals surface area contributed by atoms with Crippen LogP contribution >= 0.6 is 23.4 Å². The third kappa shape index (κ3) is 4.43. The van der Waals surface area contributed by atoms with Gasteiger partial charge in [0.15, 0.2) is 0 Å². The second-order valence-corrected chi connectivity index (χ2v) is 6.20. The number of thioether (sulfide) groups is 1. The molecule has 2 rings (SSSR count). The monoisotopic (exact) mass is 297 g/mol. The van der Waals surface area contributed by atoms with E-state index in [0.29, 0.717) is 11.6 Å². The molecule has 1 aliphatic heterocycles. The molecule has 1 unspecified atom stereocenters. The SMILES string of the molecule is O=C(CSc1ccccc1)N1CCCCCC1CCl. The van der Waals surface area contributed by atoms with Gasteiger partial charge in [-0.2, -0.15) is 0 Å². The van der Waals surface area contributed by atoms with Crippen molar-refractivity contribution in [3.05, 3.63) is 30.3 Å². The highest BCUT2D eigenvalue weighted by atomic mass is 35.5. The van der Waals surface area contributed by atoms with Crippen LogP contribution in [0.5, 0.6) is 0 Å². The largest absolute Gasteiger partial charge is 0.338 e. The molecule has 0 radical (unpaired) electrons. The normalized spacial score (nSPS) is 20.1. The summed E-state index contributed by atoms with van der Waals surface area (Å²) < 4.78 is 0. The van der Waals surface area contributed by atoms with Crippen LogP contribution in [0.25, 0.3) is 0 Å². The third-order valence-corrected chi connectivity index (χ3v) is 4.83. The number of amides is 1. The van der Waals surface area contributed by atoms with E-state index in [9.17, 15) is 4.79 Å². The van der Waals surface area contributed by atoms with Crippen LogP contribution in [-0.4, -0.2) is 35.0 Å². The lowest BCUT2D eigenvalue weighted by Crippen LogP contribution is -2.42. The molecule has 1 amide bonds. The fraction of sp³-hybridized carbons (Fsp3) is 0.533. The summed E-state index contributed by atoms with van der Waals surface area (Å²) in [5, 5.41) is 0. The first-order valence-electron chi connectivity index (χ1n) is 6.84. The Bertz CT molecular complexity index is 398. The topological polar surface area (TPSA) is 20.3 Å². The lowest BCUT2D eigenvalue weighted by molar-refractivity contribution is -0.130. The van der Waals surface area contributed by atoms with E-state index in [0.717, 1.165) is 24.3 Å². The van der Waals surface area contributed by atoms with Crippen molar-refractivity contribution in [3.8, 4) is 0 Å². The van der Waals surface area contributed by atoms with Crippen molar-refractivity contribution < 1.29 is 4.79 Å². The zero-order chi connectivity index (χ0) is 13.5. The van der Waals surface area contributed by atoms with E-state index >= 15 is 0 Å². The number of carbonyl (C=O) groups is 1. The minimum absolute atomic E-state index is 0.224. The Hall–Kier alpha value is -0.670. The number of alkyl halides is 1. The first kappa shape index (κ1) is 14.7. The molecule has 1 aromatic rings. The van der Waals surface area contributed by atoms with Crippen LogP contribution in [0, 0.1) is 0 Å². The molecule has 1 heterocycles. The van der Waals surface area contributed by atoms with Gasteiger partial charge in [-0.1, -0.05) is 31.0 Å². The van der Waals surface area contributed by atoms with Crippen LogP contribution in [0.15, 0.2) is 35.2 Å². The van der Waals surface area contributed by atoms with Crippen molar-refractivity contribution in [1.82, 2.24) is 4.90 Å². The molecule has 0 saturated carbocycles. The molecule has 104 valence electrons. The van der Waals surface area contributed by atoms with Crippen LogP contribution in [0.2, 0.25) is 0 Å². The fourth-order valence-electron chi connectivity index (χ4n) is 2.41. The van der Waals surface area contributed by atoms with E-state index in [1.807, 2.05) is 35.2 Å². The van der Waals surface area contributed by atoms with Gasteiger partial charge < -0.3 is 4.90 Å². The Morgan fingerprint density at radius 2 is 2.05 bits per heavy atom. The maximum Gasteiger partial charge on any atom is 0.233 e. The van der Waals surface area contributed by atoms with E-state index in [2.05, 4.69) is 0 Å². The number of hydrogen-bond acceptors (Lipinski definition) is 2. The third-order valence-electron chi connectivity index (χ3n) is 3.48. The van der Waals surface area contributed by atoms with Gasteiger partial charge in [0.1, 0.15) is 0 Å². The lowest BCUT2D eigenvalue weighted by atomic mass is 10.1. The molecule has 1 aromatic carbocycles. The van der Waals surface area contributed by atoms with Gasteiger partial charge in [-0.25, -0.2) is 0 Å². The standard InChI is InChI=1S/C15H20ClNOS/c16-11-13-7-3-2-6-10-17(13)15(18)12-19-14-8-4-1-5-9-14/h1,4-5,8-9,13H,2-3,6-7,10-12H2. The summed E-state index contributed by atoms with van der Waals surface area (Å²) in [5.74, 6) is 1.29. The minimum atomic E-state index is 0.224. The van der Waals surface area contributed by atoms with E-state index in [1.54, 1.807) is 11.8 Å². The molecule has 0 aromatic heterocycles. The number of rotatable bonds is 4. The molecule has 4 heteroatoms. The highest BCUT2D eigenvalue weighted by Gasteiger charge is 2.24. The molecule has 19 heavy (non-hydrogen) atoms. The summed E-state index contributed by atoms with van der Waals surface area (Å²) in [6.07, 6.45) is 4.55. The predicted octanol–water partition coefficient (Wildman–Crippen LogP) is 3.79. The Balaban J connectivity index is 1.90. The van der Waals surface area contributed by atoms with Gasteiger partial charge in [0.05, 0.1) is 5.75 Å². The second-order valence-electron chi connectivity index (χ2n) is 4.85. The molecule has 0 spiro atoms. The van der Waals surface area contributed by atoms with E-state index in [4.69, 9.17) is 11.6 Å². The van der Waals surface area contributed by atoms with Crippen molar-refractivity contribution >= 4 is 29.3 Å². The van der Waals surface area contributed by atoms with Crippen molar-refractivity contribution in [3.63, 3.8) is 0 Å². The van der Waals surface area contributed by atoms with Gasteiger partial charge in [0, 0.05) is 23.4 Å². The van der Waals surface area contributed by atoms with Gasteiger partial charge in [-0.05, 0) is 25.0 Å². The average Bonchev–Trinajstić information content (AvgIpc) is 2.71. The van der Waals surface area contributed by atoms with Gasteiger partial charge in [0.25, 0.3) is 0 Å². The van der Waals surface area contributed by atoms with Crippen LogP contribution < -0.4 is 0 Å². The maximum absolute atomic E-state index is 12.3. The quantitative estimate of drug-likeness (QED) is 0.622. The number of carbonyl (C=O) groups excluding carboxylic acids is 1. The van der Waals surface area contributed by atoms with E-state index < -0.39 is 0 Å². The summed E-state index contributed by atoms with van der Waals surface area (Å²) in [4.78, 5) is 15.5. The smallest absolute Gasteiger partial charge is 0.233 e. The molecule has 1 fully saturated rings. The van der Waals surface area contributed by atoms with Crippen LogP contribution in [-0.2, 0) is 4.79 Å². The fourth-order valence-corrected chi connectivity index (χ4v) is 3.54. The molecular weight excluding hydrogens is 278 g/mol. The first-order valence-corrected chi connectivity index (χ1v) is 8.36. The maximum atomic E-state index is 12.3. The van der Waals surface area contributed by atoms with Crippen molar-refractivity contribution in [1.29, 1.82) is 0 Å². The highest BCUT2D eigenvalue weighted by Crippen LogP contribution is 2.22. The zero-order valence-corrected chi connectivity index (χ0v) is 12.6. The Labute approximate surface area is 124 Å². The van der Waals surface area contributed by atoms with E-state index in [-0.39, 0.29) is 11.9 Å². The number of benzene rings is 1. The van der Waals surface area contributed by atoms with E-state index in [1.165, 1.54) is 12.8 Å². The Kier molecular flexibility index (Phi) is 6.05. The van der Waals surface area contributed by atoms with Crippen LogP contribution in [0.3, 0.4) is 0 Å². The minimum Gasteiger partial charge on any atom is -0.338 e. The lowest BCUT2D eigenvalue weighted by Gasteiger charge is -2.28. The van der Waals surface area contributed by atoms with Crippen molar-refractivity contribution in [2.45, 2.75) is 36.6 Å². The molecule has 0 N–H and O–H groups in total. The number of halogens is 1. The number of hydrogen-bond donors (Lipinski definition) is 0. The molecule has 0 aliphatic carbocycles. The summed E-state index contributed by atoms with van der Waals surface area (Å²) in [6.45, 7) is 0.867. The van der Waals surface area contributed by atoms with Gasteiger partial charge >= 0.3 is 0 Å². The number of nitrogens with zero attached hydrogens (tertiary/aromatic N) is 1. The summed E-state index contributed by atoms with van der Waals surface area (Å²) in [5.41, 5.74) is 0. The molecule has 1 atom stereocenters. The molecular formula is C15H20ClNOS. The highest BCUT2D eigenvalue weighted by molar-refractivity contribution is 8.00. The van der Waals surface area contributed by atoms with Crippen molar-refractivity contribution in [2.75, 3.05) is 18.2 Å². The van der Waals surface area contributed by atoms with Crippen molar-refractivity contribution in [2.24, 2.45) is 0 Å². The van der Waals surface area contributed by atoms with Gasteiger partial charge in [-0.3, -0.25) is 4.79 Å². The molecule has 2 nitrogen and oxygen atoms in total. The zero-order valence-electron chi connectivity index (χ0n) is 11.1. The van der Waals surface area contributed by atoms with Gasteiger partial charge in [-0.15, -0.1) is 23.4 Å². The Morgan fingerprint density at radius 1 is 1.26 bits per heavy atom. The van der Waals surface area contributed by atoms with Gasteiger partial charge in [0.2, 0.25) is 5.91 Å². The first-order chi connectivity index (χ1) is 9.31. The molecule has 0 bridgehead atoms.